The Morgan fingerprint density at radius 2 is 1.72 bits per heavy atom. The number of carbonyl (C=O) groups excluding carboxylic acids is 2. The molecule has 0 bridgehead atoms. The third-order valence-electron chi connectivity index (χ3n) is 4.80. The number of rotatable bonds is 6. The van der Waals surface area contributed by atoms with Gasteiger partial charge in [-0.25, -0.2) is 4.79 Å². The molecule has 3 amide bonds. The summed E-state index contributed by atoms with van der Waals surface area (Å²) < 4.78 is 15.7. The van der Waals surface area contributed by atoms with Gasteiger partial charge in [-0.2, -0.15) is 0 Å². The summed E-state index contributed by atoms with van der Waals surface area (Å²) >= 11 is 0. The van der Waals surface area contributed by atoms with Gasteiger partial charge in [-0.15, -0.1) is 0 Å². The monoisotopic (exact) mass is 399 g/mol. The van der Waals surface area contributed by atoms with E-state index >= 15 is 0 Å². The standard InChI is InChI=1S/C21H25N3O5/c1-27-15-7-4-6-14(12-15)22-21(26)24-11-5-8-18(24)20(25)23-17-13-16(28-2)9-10-19(17)29-3/h4,6-7,9-10,12-13,18H,5,8,11H2,1-3H3,(H,22,26)(H,23,25)/t18-/m1/s1. The summed E-state index contributed by atoms with van der Waals surface area (Å²) in [7, 11) is 4.64. The van der Waals surface area contributed by atoms with Gasteiger partial charge in [0.25, 0.3) is 0 Å². The van der Waals surface area contributed by atoms with Gasteiger partial charge in [-0.1, -0.05) is 6.07 Å². The van der Waals surface area contributed by atoms with Gasteiger partial charge in [0.05, 0.1) is 27.0 Å². The summed E-state index contributed by atoms with van der Waals surface area (Å²) in [6.07, 6.45) is 1.34. The topological polar surface area (TPSA) is 89.1 Å². The Morgan fingerprint density at radius 3 is 2.45 bits per heavy atom. The molecule has 3 rings (SSSR count). The van der Waals surface area contributed by atoms with E-state index in [4.69, 9.17) is 14.2 Å². The van der Waals surface area contributed by atoms with Gasteiger partial charge in [0, 0.05) is 24.4 Å². The molecule has 0 unspecified atom stereocenters. The van der Waals surface area contributed by atoms with E-state index in [0.29, 0.717) is 41.6 Å². The van der Waals surface area contributed by atoms with Crippen molar-refractivity contribution in [3.63, 3.8) is 0 Å². The van der Waals surface area contributed by atoms with Crippen molar-refractivity contribution in [2.75, 3.05) is 38.5 Å². The van der Waals surface area contributed by atoms with Crippen molar-refractivity contribution in [3.8, 4) is 17.2 Å². The molecule has 0 saturated carbocycles. The minimum atomic E-state index is -0.573. The Morgan fingerprint density at radius 1 is 0.966 bits per heavy atom. The third-order valence-corrected chi connectivity index (χ3v) is 4.80. The number of nitrogens with zero attached hydrogens (tertiary/aromatic N) is 1. The number of ether oxygens (including phenoxy) is 3. The summed E-state index contributed by atoms with van der Waals surface area (Å²) in [6.45, 7) is 0.503. The molecule has 1 saturated heterocycles. The summed E-state index contributed by atoms with van der Waals surface area (Å²) in [6, 6.07) is 11.3. The lowest BCUT2D eigenvalue weighted by Gasteiger charge is -2.24. The zero-order chi connectivity index (χ0) is 20.8. The highest BCUT2D eigenvalue weighted by Gasteiger charge is 2.34. The van der Waals surface area contributed by atoms with E-state index in [9.17, 15) is 9.59 Å². The van der Waals surface area contributed by atoms with E-state index in [-0.39, 0.29) is 11.9 Å². The molecule has 29 heavy (non-hydrogen) atoms. The van der Waals surface area contributed by atoms with Crippen molar-refractivity contribution in [2.24, 2.45) is 0 Å². The number of anilines is 2. The predicted molar refractivity (Wildman–Crippen MR) is 110 cm³/mol. The van der Waals surface area contributed by atoms with E-state index < -0.39 is 6.04 Å². The number of nitrogens with one attached hydrogen (secondary N) is 2. The highest BCUT2D eigenvalue weighted by atomic mass is 16.5. The van der Waals surface area contributed by atoms with Gasteiger partial charge >= 0.3 is 6.03 Å². The summed E-state index contributed by atoms with van der Waals surface area (Å²) in [5.41, 5.74) is 1.10. The summed E-state index contributed by atoms with van der Waals surface area (Å²) in [4.78, 5) is 27.2. The quantitative estimate of drug-likeness (QED) is 0.778. The fourth-order valence-corrected chi connectivity index (χ4v) is 3.31. The molecule has 2 aromatic carbocycles. The maximum absolute atomic E-state index is 12.9. The largest absolute Gasteiger partial charge is 0.497 e. The fraction of sp³-hybridized carbons (Fsp3) is 0.333. The molecule has 0 aliphatic carbocycles. The Kier molecular flexibility index (Phi) is 6.43. The van der Waals surface area contributed by atoms with E-state index in [2.05, 4.69) is 10.6 Å². The third kappa shape index (κ3) is 4.71. The minimum Gasteiger partial charge on any atom is -0.497 e. The van der Waals surface area contributed by atoms with E-state index in [1.807, 2.05) is 0 Å². The van der Waals surface area contributed by atoms with Gasteiger partial charge in [-0.05, 0) is 37.1 Å². The lowest BCUT2D eigenvalue weighted by Crippen LogP contribution is -2.45. The lowest BCUT2D eigenvalue weighted by molar-refractivity contribution is -0.119. The average Bonchev–Trinajstić information content (AvgIpc) is 3.24. The Labute approximate surface area is 169 Å². The zero-order valence-electron chi connectivity index (χ0n) is 16.7. The van der Waals surface area contributed by atoms with Crippen LogP contribution in [0.5, 0.6) is 17.2 Å². The van der Waals surface area contributed by atoms with Gasteiger partial charge in [0.1, 0.15) is 23.3 Å². The smallest absolute Gasteiger partial charge is 0.322 e. The van der Waals surface area contributed by atoms with Crippen LogP contribution in [-0.2, 0) is 4.79 Å². The van der Waals surface area contributed by atoms with Crippen LogP contribution in [0.3, 0.4) is 0 Å². The van der Waals surface area contributed by atoms with Crippen LogP contribution in [0.15, 0.2) is 42.5 Å². The number of carbonyl (C=O) groups is 2. The fourth-order valence-electron chi connectivity index (χ4n) is 3.31. The molecule has 154 valence electrons. The van der Waals surface area contributed by atoms with E-state index in [1.54, 1.807) is 61.6 Å². The molecule has 0 aromatic heterocycles. The van der Waals surface area contributed by atoms with Crippen molar-refractivity contribution in [3.05, 3.63) is 42.5 Å². The molecule has 1 heterocycles. The second-order valence-corrected chi connectivity index (χ2v) is 6.57. The Hall–Kier alpha value is -3.42. The van der Waals surface area contributed by atoms with Gasteiger partial charge in [0.2, 0.25) is 5.91 Å². The molecule has 0 radical (unpaired) electrons. The summed E-state index contributed by atoms with van der Waals surface area (Å²) in [5, 5.41) is 5.69. The first-order valence-corrected chi connectivity index (χ1v) is 9.30. The molecule has 8 nitrogen and oxygen atoms in total. The van der Waals surface area contributed by atoms with E-state index in [1.165, 1.54) is 7.11 Å². The number of likely N-dealkylation sites (tertiary alicyclic amines) is 1. The molecule has 0 spiro atoms. The first-order valence-electron chi connectivity index (χ1n) is 9.30. The predicted octanol–water partition coefficient (Wildman–Crippen LogP) is 3.35. The molecular formula is C21H25N3O5. The van der Waals surface area contributed by atoms with Crippen LogP contribution in [0, 0.1) is 0 Å². The number of amides is 3. The second kappa shape index (κ2) is 9.18. The van der Waals surface area contributed by atoms with Crippen molar-refractivity contribution in [2.45, 2.75) is 18.9 Å². The maximum atomic E-state index is 12.9. The number of hydrogen-bond acceptors (Lipinski definition) is 5. The van der Waals surface area contributed by atoms with Crippen LogP contribution < -0.4 is 24.8 Å². The Balaban J connectivity index is 1.71. The number of urea groups is 1. The molecular weight excluding hydrogens is 374 g/mol. The highest BCUT2D eigenvalue weighted by Crippen LogP contribution is 2.30. The van der Waals surface area contributed by atoms with Crippen LogP contribution in [-0.4, -0.2) is 50.8 Å². The van der Waals surface area contributed by atoms with Crippen molar-refractivity contribution < 1.29 is 23.8 Å². The van der Waals surface area contributed by atoms with Crippen molar-refractivity contribution >= 4 is 23.3 Å². The Bertz CT molecular complexity index is 886. The first kappa shape index (κ1) is 20.3. The first-order chi connectivity index (χ1) is 14.0. The lowest BCUT2D eigenvalue weighted by atomic mass is 10.2. The minimum absolute atomic E-state index is 0.269. The number of benzene rings is 2. The molecule has 1 atom stereocenters. The van der Waals surface area contributed by atoms with Gasteiger partial charge in [0.15, 0.2) is 0 Å². The summed E-state index contributed by atoms with van der Waals surface area (Å²) in [5.74, 6) is 1.49. The highest BCUT2D eigenvalue weighted by molar-refractivity contribution is 6.00. The van der Waals surface area contributed by atoms with Crippen LogP contribution in [0.1, 0.15) is 12.8 Å². The van der Waals surface area contributed by atoms with Crippen molar-refractivity contribution in [1.82, 2.24) is 4.90 Å². The zero-order valence-corrected chi connectivity index (χ0v) is 16.7. The van der Waals surface area contributed by atoms with Gasteiger partial charge in [-0.3, -0.25) is 4.79 Å². The molecule has 2 N–H and O–H groups in total. The molecule has 2 aromatic rings. The van der Waals surface area contributed by atoms with Gasteiger partial charge < -0.3 is 29.7 Å². The second-order valence-electron chi connectivity index (χ2n) is 6.57. The van der Waals surface area contributed by atoms with Crippen LogP contribution in [0.4, 0.5) is 16.2 Å². The van der Waals surface area contributed by atoms with Crippen LogP contribution >= 0.6 is 0 Å². The molecule has 1 aliphatic heterocycles. The van der Waals surface area contributed by atoms with E-state index in [0.717, 1.165) is 6.42 Å². The molecule has 8 heteroatoms. The number of hydrogen-bond donors (Lipinski definition) is 2. The van der Waals surface area contributed by atoms with Crippen molar-refractivity contribution in [1.29, 1.82) is 0 Å². The van der Waals surface area contributed by atoms with Crippen LogP contribution in [0.2, 0.25) is 0 Å². The maximum Gasteiger partial charge on any atom is 0.322 e. The number of methoxy groups -OCH3 is 3. The van der Waals surface area contributed by atoms with Crippen LogP contribution in [0.25, 0.3) is 0 Å². The average molecular weight is 399 g/mol. The molecule has 1 fully saturated rings. The normalized spacial score (nSPS) is 15.6. The SMILES string of the molecule is COc1cccc(NC(=O)N2CCC[C@@H]2C(=O)Nc2cc(OC)ccc2OC)c1. The molecule has 1 aliphatic rings.